The van der Waals surface area contributed by atoms with E-state index in [1.807, 2.05) is 109 Å². The first-order valence-electron chi connectivity index (χ1n) is 12.6. The van der Waals surface area contributed by atoms with Crippen LogP contribution in [0.25, 0.3) is 28.2 Å². The molecule has 5 rings (SSSR count). The van der Waals surface area contributed by atoms with Crippen molar-refractivity contribution >= 4 is 23.9 Å². The predicted octanol–water partition coefficient (Wildman–Crippen LogP) is 6.24. The molecule has 1 amide bonds. The van der Waals surface area contributed by atoms with E-state index >= 15 is 0 Å². The lowest BCUT2D eigenvalue weighted by Crippen LogP contribution is -2.20. The van der Waals surface area contributed by atoms with E-state index in [2.05, 4.69) is 32.9 Å². The fourth-order valence-electron chi connectivity index (χ4n) is 3.96. The summed E-state index contributed by atoms with van der Waals surface area (Å²) in [6.07, 6.45) is 1.63. The van der Waals surface area contributed by atoms with Crippen molar-refractivity contribution in [3.8, 4) is 34.0 Å². The third-order valence-electron chi connectivity index (χ3n) is 5.82. The maximum absolute atomic E-state index is 12.6. The predicted molar refractivity (Wildman–Crippen MR) is 156 cm³/mol. The number of thioether (sulfide) groups is 1. The van der Waals surface area contributed by atoms with E-state index in [0.29, 0.717) is 17.6 Å². The largest absolute Gasteiger partial charge is 0.494 e. The molecule has 1 N–H and O–H groups in total. The van der Waals surface area contributed by atoms with Crippen LogP contribution in [0.5, 0.6) is 5.75 Å². The van der Waals surface area contributed by atoms with E-state index in [1.54, 1.807) is 6.21 Å². The molecule has 0 spiro atoms. The van der Waals surface area contributed by atoms with Gasteiger partial charge < -0.3 is 4.74 Å². The van der Waals surface area contributed by atoms with Crippen LogP contribution in [0.15, 0.2) is 119 Å². The number of hydrogen-bond acceptors (Lipinski definition) is 6. The Bertz CT molecular complexity index is 1530. The Morgan fingerprint density at radius 2 is 1.49 bits per heavy atom. The van der Waals surface area contributed by atoms with Crippen molar-refractivity contribution < 1.29 is 9.53 Å². The zero-order valence-electron chi connectivity index (χ0n) is 21.4. The number of nitrogens with zero attached hydrogens (tertiary/aromatic N) is 4. The third kappa shape index (κ3) is 6.61. The van der Waals surface area contributed by atoms with E-state index in [4.69, 9.17) is 4.74 Å². The first kappa shape index (κ1) is 25.9. The molecular formula is C31H27N5O2S. The standard InChI is InChI=1S/C31H27N5O2S/c1-2-38-28-19-17-27(18-20-28)36-30(26-11-7-4-8-12-26)34-35-31(36)39-22-29(37)33-32-21-23-13-15-25(16-14-23)24-9-5-3-6-10-24/h3-21H,2,22H2,1H3,(H,33,37)/b32-21-. The second-order valence-electron chi connectivity index (χ2n) is 8.50. The lowest BCUT2D eigenvalue weighted by atomic mass is 10.0. The van der Waals surface area contributed by atoms with Crippen LogP contribution in [0.1, 0.15) is 12.5 Å². The van der Waals surface area contributed by atoms with Crippen molar-refractivity contribution in [1.82, 2.24) is 20.2 Å². The van der Waals surface area contributed by atoms with E-state index in [9.17, 15) is 4.79 Å². The number of aromatic nitrogens is 3. The molecule has 4 aromatic carbocycles. The zero-order valence-corrected chi connectivity index (χ0v) is 22.2. The molecule has 1 aromatic heterocycles. The lowest BCUT2D eigenvalue weighted by molar-refractivity contribution is -0.118. The number of benzene rings is 4. The highest BCUT2D eigenvalue weighted by molar-refractivity contribution is 7.99. The molecule has 0 saturated carbocycles. The summed E-state index contributed by atoms with van der Waals surface area (Å²) in [5, 5.41) is 13.5. The van der Waals surface area contributed by atoms with Gasteiger partial charge in [-0.3, -0.25) is 9.36 Å². The van der Waals surface area contributed by atoms with Gasteiger partial charge in [-0.05, 0) is 47.9 Å². The minimum Gasteiger partial charge on any atom is -0.494 e. The van der Waals surface area contributed by atoms with Crippen LogP contribution >= 0.6 is 11.8 Å². The van der Waals surface area contributed by atoms with Gasteiger partial charge in [0.05, 0.1) is 18.6 Å². The number of nitrogens with one attached hydrogen (secondary N) is 1. The molecule has 0 aliphatic rings. The van der Waals surface area contributed by atoms with Crippen molar-refractivity contribution in [1.29, 1.82) is 0 Å². The molecule has 0 radical (unpaired) electrons. The Hall–Kier alpha value is -4.69. The van der Waals surface area contributed by atoms with Crippen LogP contribution in [0, 0.1) is 0 Å². The van der Waals surface area contributed by atoms with Crippen molar-refractivity contribution in [2.24, 2.45) is 5.10 Å². The Morgan fingerprint density at radius 1 is 0.846 bits per heavy atom. The molecular weight excluding hydrogens is 506 g/mol. The highest BCUT2D eigenvalue weighted by Crippen LogP contribution is 2.29. The summed E-state index contributed by atoms with van der Waals surface area (Å²) in [6, 6.07) is 35.8. The molecule has 8 heteroatoms. The summed E-state index contributed by atoms with van der Waals surface area (Å²) < 4.78 is 7.53. The van der Waals surface area contributed by atoms with Gasteiger partial charge in [-0.1, -0.05) is 96.7 Å². The number of ether oxygens (including phenoxy) is 1. The van der Waals surface area contributed by atoms with Crippen molar-refractivity contribution in [3.63, 3.8) is 0 Å². The van der Waals surface area contributed by atoms with Crippen molar-refractivity contribution in [2.45, 2.75) is 12.1 Å². The van der Waals surface area contributed by atoms with Crippen LogP contribution in [0.3, 0.4) is 0 Å². The van der Waals surface area contributed by atoms with Crippen LogP contribution in [-0.2, 0) is 4.79 Å². The normalized spacial score (nSPS) is 11.0. The van der Waals surface area contributed by atoms with E-state index in [1.165, 1.54) is 11.8 Å². The number of hydrogen-bond donors (Lipinski definition) is 1. The fourth-order valence-corrected chi connectivity index (χ4v) is 4.71. The van der Waals surface area contributed by atoms with Crippen LogP contribution in [0.2, 0.25) is 0 Å². The van der Waals surface area contributed by atoms with Gasteiger partial charge in [-0.25, -0.2) is 5.43 Å². The fraction of sp³-hybridized carbons (Fsp3) is 0.0968. The minimum atomic E-state index is -0.236. The Labute approximate surface area is 231 Å². The van der Waals surface area contributed by atoms with Gasteiger partial charge in [-0.15, -0.1) is 10.2 Å². The number of carbonyl (C=O) groups excluding carboxylic acids is 1. The summed E-state index contributed by atoms with van der Waals surface area (Å²) in [5.41, 5.74) is 7.58. The van der Waals surface area contributed by atoms with E-state index in [-0.39, 0.29) is 11.7 Å². The summed E-state index contributed by atoms with van der Waals surface area (Å²) in [7, 11) is 0. The molecule has 7 nitrogen and oxygen atoms in total. The number of hydrazone groups is 1. The van der Waals surface area contributed by atoms with Gasteiger partial charge in [-0.2, -0.15) is 5.10 Å². The third-order valence-corrected chi connectivity index (χ3v) is 6.75. The first-order valence-corrected chi connectivity index (χ1v) is 13.5. The molecule has 0 aliphatic heterocycles. The van der Waals surface area contributed by atoms with Gasteiger partial charge in [0, 0.05) is 11.3 Å². The van der Waals surface area contributed by atoms with Gasteiger partial charge in [0.15, 0.2) is 11.0 Å². The average Bonchev–Trinajstić information content (AvgIpc) is 3.42. The highest BCUT2D eigenvalue weighted by Gasteiger charge is 2.17. The Balaban J connectivity index is 1.25. The van der Waals surface area contributed by atoms with Crippen LogP contribution in [-0.4, -0.2) is 39.2 Å². The van der Waals surface area contributed by atoms with Crippen molar-refractivity contribution in [2.75, 3.05) is 12.4 Å². The molecule has 0 atom stereocenters. The summed E-state index contributed by atoms with van der Waals surface area (Å²) in [6.45, 7) is 2.55. The lowest BCUT2D eigenvalue weighted by Gasteiger charge is -2.11. The summed E-state index contributed by atoms with van der Waals surface area (Å²) in [4.78, 5) is 12.6. The van der Waals surface area contributed by atoms with E-state index in [0.717, 1.165) is 33.7 Å². The van der Waals surface area contributed by atoms with Gasteiger partial charge in [0.25, 0.3) is 5.91 Å². The maximum atomic E-state index is 12.6. The van der Waals surface area contributed by atoms with Gasteiger partial charge >= 0.3 is 0 Å². The van der Waals surface area contributed by atoms with Gasteiger partial charge in [0.1, 0.15) is 5.75 Å². The van der Waals surface area contributed by atoms with Crippen LogP contribution in [0.4, 0.5) is 0 Å². The quantitative estimate of drug-likeness (QED) is 0.131. The first-order chi connectivity index (χ1) is 19.2. The molecule has 0 fully saturated rings. The molecule has 0 saturated heterocycles. The van der Waals surface area contributed by atoms with Crippen LogP contribution < -0.4 is 10.2 Å². The highest BCUT2D eigenvalue weighted by atomic mass is 32.2. The molecule has 0 bridgehead atoms. The number of carbonyl (C=O) groups is 1. The molecule has 5 aromatic rings. The summed E-state index contributed by atoms with van der Waals surface area (Å²) >= 11 is 1.30. The second kappa shape index (κ2) is 12.7. The smallest absolute Gasteiger partial charge is 0.250 e. The maximum Gasteiger partial charge on any atom is 0.250 e. The SMILES string of the molecule is CCOc1ccc(-n2c(SCC(=O)N/N=C\c3ccc(-c4ccccc4)cc3)nnc2-c2ccccc2)cc1. The topological polar surface area (TPSA) is 81.4 Å². The molecule has 0 unspecified atom stereocenters. The molecule has 1 heterocycles. The van der Waals surface area contributed by atoms with E-state index < -0.39 is 0 Å². The van der Waals surface area contributed by atoms with Crippen molar-refractivity contribution in [3.05, 3.63) is 115 Å². The Kier molecular flexibility index (Phi) is 8.45. The summed E-state index contributed by atoms with van der Waals surface area (Å²) in [5.74, 6) is 1.38. The van der Waals surface area contributed by atoms with Gasteiger partial charge in [0.2, 0.25) is 0 Å². The average molecular weight is 534 g/mol. The minimum absolute atomic E-state index is 0.133. The number of amides is 1. The Morgan fingerprint density at radius 3 is 2.15 bits per heavy atom. The number of rotatable bonds is 10. The second-order valence-corrected chi connectivity index (χ2v) is 9.45. The monoisotopic (exact) mass is 533 g/mol. The molecule has 194 valence electrons. The molecule has 39 heavy (non-hydrogen) atoms. The molecule has 0 aliphatic carbocycles. The zero-order chi connectivity index (χ0) is 26.9.